The molecule has 0 atom stereocenters. The molecule has 2 amide bonds. The quantitative estimate of drug-likeness (QED) is 0.778. The number of carbonyl (C=O) groups excluding carboxylic acids is 2. The average molecular weight is 401 g/mol. The van der Waals surface area contributed by atoms with E-state index >= 15 is 0 Å². The molecule has 0 radical (unpaired) electrons. The second-order valence-electron chi connectivity index (χ2n) is 6.74. The van der Waals surface area contributed by atoms with Crippen LogP contribution in [0.1, 0.15) is 24.5 Å². The topological polar surface area (TPSA) is 95.6 Å². The third-order valence-corrected chi connectivity index (χ3v) is 5.13. The molecular formula is C20H23N3O4S. The summed E-state index contributed by atoms with van der Waals surface area (Å²) in [7, 11) is -3.43. The number of aryl methyl sites for hydroxylation is 1. The van der Waals surface area contributed by atoms with Gasteiger partial charge in [0.15, 0.2) is 0 Å². The summed E-state index contributed by atoms with van der Waals surface area (Å²) < 4.78 is 25.4. The lowest BCUT2D eigenvalue weighted by Crippen LogP contribution is -2.34. The van der Waals surface area contributed by atoms with Crippen molar-refractivity contribution in [3.05, 3.63) is 53.6 Å². The third kappa shape index (κ3) is 4.69. The molecule has 0 saturated heterocycles. The number of carbonyl (C=O) groups is 2. The minimum atomic E-state index is -3.43. The standard InChI is InChI=1S/C20H23N3O4S/c1-3-23-18-10-9-16(12-15(18)8-11-20(23)25)21-19(24)13-14-6-4-5-7-17(14)22-28(2,26)27/h4-7,9-10,12,22H,3,8,11,13H2,1-2H3,(H,21,24). The summed E-state index contributed by atoms with van der Waals surface area (Å²) in [6.45, 7) is 2.55. The zero-order valence-corrected chi connectivity index (χ0v) is 16.7. The van der Waals surface area contributed by atoms with Crippen molar-refractivity contribution in [2.45, 2.75) is 26.2 Å². The Morgan fingerprint density at radius 1 is 1.14 bits per heavy atom. The Kier molecular flexibility index (Phi) is 5.69. The molecule has 0 spiro atoms. The first-order valence-corrected chi connectivity index (χ1v) is 10.9. The minimum absolute atomic E-state index is 0.0371. The van der Waals surface area contributed by atoms with Gasteiger partial charge in [0.2, 0.25) is 21.8 Å². The van der Waals surface area contributed by atoms with Gasteiger partial charge >= 0.3 is 0 Å². The van der Waals surface area contributed by atoms with Crippen LogP contribution in [0.15, 0.2) is 42.5 Å². The van der Waals surface area contributed by atoms with E-state index in [1.807, 2.05) is 19.1 Å². The molecule has 1 heterocycles. The molecule has 0 unspecified atom stereocenters. The van der Waals surface area contributed by atoms with Gasteiger partial charge in [-0.1, -0.05) is 18.2 Å². The van der Waals surface area contributed by atoms with Gasteiger partial charge in [-0.05, 0) is 48.7 Å². The molecule has 28 heavy (non-hydrogen) atoms. The van der Waals surface area contributed by atoms with Gasteiger partial charge in [0.05, 0.1) is 18.4 Å². The van der Waals surface area contributed by atoms with Crippen LogP contribution < -0.4 is 14.9 Å². The maximum Gasteiger partial charge on any atom is 0.229 e. The van der Waals surface area contributed by atoms with Crippen LogP contribution in [-0.4, -0.2) is 33.0 Å². The number of para-hydroxylation sites is 1. The summed E-state index contributed by atoms with van der Waals surface area (Å²) in [5, 5.41) is 2.86. The lowest BCUT2D eigenvalue weighted by Gasteiger charge is -2.28. The van der Waals surface area contributed by atoms with Gasteiger partial charge in [-0.25, -0.2) is 8.42 Å². The first kappa shape index (κ1) is 19.9. The van der Waals surface area contributed by atoms with Crippen molar-refractivity contribution in [3.8, 4) is 0 Å². The number of nitrogens with one attached hydrogen (secondary N) is 2. The number of nitrogens with zero attached hydrogens (tertiary/aromatic N) is 1. The molecule has 2 aromatic rings. The molecule has 2 aromatic carbocycles. The molecule has 1 aliphatic heterocycles. The van der Waals surface area contributed by atoms with Gasteiger partial charge in [-0.3, -0.25) is 14.3 Å². The van der Waals surface area contributed by atoms with Crippen LogP contribution in [0, 0.1) is 0 Å². The highest BCUT2D eigenvalue weighted by Crippen LogP contribution is 2.30. The fourth-order valence-corrected chi connectivity index (χ4v) is 3.93. The van der Waals surface area contributed by atoms with Gasteiger partial charge in [0, 0.05) is 24.3 Å². The minimum Gasteiger partial charge on any atom is -0.326 e. The fourth-order valence-electron chi connectivity index (χ4n) is 3.34. The number of benzene rings is 2. The zero-order valence-electron chi connectivity index (χ0n) is 15.9. The zero-order chi connectivity index (χ0) is 20.3. The number of amides is 2. The van der Waals surface area contributed by atoms with E-state index < -0.39 is 10.0 Å². The normalized spacial score (nSPS) is 13.8. The van der Waals surface area contributed by atoms with Crippen molar-refractivity contribution in [1.82, 2.24) is 0 Å². The van der Waals surface area contributed by atoms with E-state index in [1.54, 1.807) is 35.2 Å². The van der Waals surface area contributed by atoms with Gasteiger partial charge in [-0.15, -0.1) is 0 Å². The molecule has 148 valence electrons. The first-order valence-electron chi connectivity index (χ1n) is 9.05. The van der Waals surface area contributed by atoms with E-state index in [0.717, 1.165) is 17.5 Å². The second kappa shape index (κ2) is 8.02. The summed E-state index contributed by atoms with van der Waals surface area (Å²) in [6.07, 6.45) is 2.22. The SMILES string of the molecule is CCN1C(=O)CCc2cc(NC(=O)Cc3ccccc3NS(C)(=O)=O)ccc21. The summed E-state index contributed by atoms with van der Waals surface area (Å²) in [6, 6.07) is 12.3. The highest BCUT2D eigenvalue weighted by atomic mass is 32.2. The average Bonchev–Trinajstić information content (AvgIpc) is 2.62. The number of hydrogen-bond acceptors (Lipinski definition) is 4. The summed E-state index contributed by atoms with van der Waals surface area (Å²) in [4.78, 5) is 26.2. The summed E-state index contributed by atoms with van der Waals surface area (Å²) >= 11 is 0. The molecular weight excluding hydrogens is 378 g/mol. The Balaban J connectivity index is 1.74. The fraction of sp³-hybridized carbons (Fsp3) is 0.300. The smallest absolute Gasteiger partial charge is 0.229 e. The number of hydrogen-bond donors (Lipinski definition) is 2. The van der Waals surface area contributed by atoms with Gasteiger partial charge in [0.1, 0.15) is 0 Å². The van der Waals surface area contributed by atoms with E-state index in [0.29, 0.717) is 36.3 Å². The van der Waals surface area contributed by atoms with E-state index in [9.17, 15) is 18.0 Å². The maximum absolute atomic E-state index is 12.5. The monoisotopic (exact) mass is 401 g/mol. The van der Waals surface area contributed by atoms with Crippen LogP contribution in [0.2, 0.25) is 0 Å². The Morgan fingerprint density at radius 2 is 1.89 bits per heavy atom. The molecule has 0 saturated carbocycles. The molecule has 0 aromatic heterocycles. The molecule has 0 aliphatic carbocycles. The van der Waals surface area contributed by atoms with Crippen LogP contribution in [-0.2, 0) is 32.5 Å². The number of anilines is 3. The van der Waals surface area contributed by atoms with Crippen LogP contribution in [0.5, 0.6) is 0 Å². The van der Waals surface area contributed by atoms with Crippen molar-refractivity contribution in [2.24, 2.45) is 0 Å². The number of rotatable bonds is 6. The number of sulfonamides is 1. The van der Waals surface area contributed by atoms with Crippen LogP contribution in [0.3, 0.4) is 0 Å². The predicted molar refractivity (Wildman–Crippen MR) is 110 cm³/mol. The summed E-state index contributed by atoms with van der Waals surface area (Å²) in [5.74, 6) is -0.135. The molecule has 0 fully saturated rings. The third-order valence-electron chi connectivity index (χ3n) is 4.54. The van der Waals surface area contributed by atoms with Crippen molar-refractivity contribution < 1.29 is 18.0 Å². The summed E-state index contributed by atoms with van der Waals surface area (Å²) in [5.41, 5.74) is 3.55. The van der Waals surface area contributed by atoms with Crippen molar-refractivity contribution in [3.63, 3.8) is 0 Å². The Morgan fingerprint density at radius 3 is 2.61 bits per heavy atom. The van der Waals surface area contributed by atoms with Crippen molar-refractivity contribution >= 4 is 38.9 Å². The van der Waals surface area contributed by atoms with Crippen LogP contribution in [0.25, 0.3) is 0 Å². The Labute approximate surface area is 164 Å². The second-order valence-corrected chi connectivity index (χ2v) is 8.49. The van der Waals surface area contributed by atoms with Gasteiger partial charge in [-0.2, -0.15) is 0 Å². The lowest BCUT2D eigenvalue weighted by atomic mass is 10.0. The van der Waals surface area contributed by atoms with Gasteiger partial charge in [0.25, 0.3) is 0 Å². The lowest BCUT2D eigenvalue weighted by molar-refractivity contribution is -0.119. The molecule has 0 bridgehead atoms. The van der Waals surface area contributed by atoms with E-state index in [1.165, 1.54) is 0 Å². The molecule has 1 aliphatic rings. The maximum atomic E-state index is 12.5. The first-order chi connectivity index (χ1) is 13.3. The van der Waals surface area contributed by atoms with E-state index in [-0.39, 0.29) is 18.2 Å². The van der Waals surface area contributed by atoms with E-state index in [4.69, 9.17) is 0 Å². The molecule has 8 heteroatoms. The predicted octanol–water partition coefficient (Wildman–Crippen LogP) is 2.54. The van der Waals surface area contributed by atoms with Crippen molar-refractivity contribution in [2.75, 3.05) is 27.7 Å². The van der Waals surface area contributed by atoms with Crippen LogP contribution >= 0.6 is 0 Å². The highest BCUT2D eigenvalue weighted by molar-refractivity contribution is 7.92. The Bertz CT molecular complexity index is 1020. The van der Waals surface area contributed by atoms with Crippen LogP contribution in [0.4, 0.5) is 17.1 Å². The van der Waals surface area contributed by atoms with Crippen molar-refractivity contribution in [1.29, 1.82) is 0 Å². The molecule has 2 N–H and O–H groups in total. The highest BCUT2D eigenvalue weighted by Gasteiger charge is 2.23. The van der Waals surface area contributed by atoms with Gasteiger partial charge < -0.3 is 10.2 Å². The molecule has 3 rings (SSSR count). The Hall–Kier alpha value is -2.87. The number of fused-ring (bicyclic) bond motifs is 1. The molecule has 7 nitrogen and oxygen atoms in total. The van der Waals surface area contributed by atoms with E-state index in [2.05, 4.69) is 10.0 Å². The largest absolute Gasteiger partial charge is 0.326 e.